The monoisotopic (exact) mass is 331 g/mol. The molecule has 0 heterocycles. The molecule has 3 rings (SSSR count). The predicted octanol–water partition coefficient (Wildman–Crippen LogP) is 2.78. The van der Waals surface area contributed by atoms with Crippen molar-refractivity contribution in [3.63, 3.8) is 0 Å². The van der Waals surface area contributed by atoms with Gasteiger partial charge in [0.25, 0.3) is 0 Å². The number of amides is 1. The van der Waals surface area contributed by atoms with Gasteiger partial charge in [-0.2, -0.15) is 0 Å². The molecule has 130 valence electrons. The maximum atomic E-state index is 12.4. The highest BCUT2D eigenvalue weighted by atomic mass is 16.5. The minimum Gasteiger partial charge on any atom is -0.478 e. The molecule has 2 aliphatic carbocycles. The number of ether oxygens (including phenoxy) is 1. The second kappa shape index (κ2) is 6.93. The SMILES string of the molecule is CCOC1CC(NC(=O)Cc2ccc(C(=O)O)cc2)C12CCCC2. The number of carbonyl (C=O) groups excluding carboxylic acids is 1. The quantitative estimate of drug-likeness (QED) is 0.840. The smallest absolute Gasteiger partial charge is 0.335 e. The standard InChI is InChI=1S/C19H25NO4/c1-2-24-16-12-15(19(16)9-3-4-10-19)20-17(21)11-13-5-7-14(8-6-13)18(22)23/h5-8,15-16H,2-4,9-12H2,1H3,(H,20,21)(H,22,23). The number of carboxylic acids is 1. The van der Waals surface area contributed by atoms with Gasteiger partial charge in [-0.25, -0.2) is 4.79 Å². The van der Waals surface area contributed by atoms with Crippen LogP contribution in [0.25, 0.3) is 0 Å². The van der Waals surface area contributed by atoms with Gasteiger partial charge in [0.2, 0.25) is 5.91 Å². The summed E-state index contributed by atoms with van der Waals surface area (Å²) < 4.78 is 5.87. The fourth-order valence-corrected chi connectivity index (χ4v) is 4.28. The highest BCUT2D eigenvalue weighted by Crippen LogP contribution is 2.54. The first-order valence-corrected chi connectivity index (χ1v) is 8.78. The molecule has 2 N–H and O–H groups in total. The fourth-order valence-electron chi connectivity index (χ4n) is 4.28. The number of benzene rings is 1. The molecule has 2 saturated carbocycles. The first kappa shape index (κ1) is 17.0. The van der Waals surface area contributed by atoms with Gasteiger partial charge in [0.1, 0.15) is 0 Å². The van der Waals surface area contributed by atoms with Crippen LogP contribution in [0.3, 0.4) is 0 Å². The van der Waals surface area contributed by atoms with Crippen molar-refractivity contribution >= 4 is 11.9 Å². The molecule has 5 heteroatoms. The van der Waals surface area contributed by atoms with Gasteiger partial charge in [0, 0.05) is 18.1 Å². The summed E-state index contributed by atoms with van der Waals surface area (Å²) in [6.45, 7) is 2.75. The number of carboxylic acid groups (broad SMARTS) is 1. The molecule has 2 unspecified atom stereocenters. The van der Waals surface area contributed by atoms with Crippen LogP contribution in [0, 0.1) is 5.41 Å². The average Bonchev–Trinajstić information content (AvgIpc) is 3.07. The maximum Gasteiger partial charge on any atom is 0.335 e. The van der Waals surface area contributed by atoms with Crippen LogP contribution >= 0.6 is 0 Å². The minimum absolute atomic E-state index is 0.00398. The third kappa shape index (κ3) is 3.18. The van der Waals surface area contributed by atoms with E-state index in [2.05, 4.69) is 5.32 Å². The molecule has 0 radical (unpaired) electrons. The number of hydrogen-bond donors (Lipinski definition) is 2. The number of carbonyl (C=O) groups is 2. The van der Waals surface area contributed by atoms with Crippen molar-refractivity contribution in [2.45, 2.75) is 57.6 Å². The van der Waals surface area contributed by atoms with E-state index in [4.69, 9.17) is 9.84 Å². The van der Waals surface area contributed by atoms with E-state index in [-0.39, 0.29) is 35.5 Å². The second-order valence-corrected chi connectivity index (χ2v) is 6.92. The molecule has 1 spiro atoms. The molecular formula is C19H25NO4. The Bertz CT molecular complexity index is 604. The Kier molecular flexibility index (Phi) is 4.90. The van der Waals surface area contributed by atoms with Gasteiger partial charge in [0.15, 0.2) is 0 Å². The zero-order chi connectivity index (χ0) is 17.2. The molecule has 0 aromatic heterocycles. The Hall–Kier alpha value is -1.88. The zero-order valence-electron chi connectivity index (χ0n) is 14.1. The lowest BCUT2D eigenvalue weighted by Crippen LogP contribution is -2.63. The van der Waals surface area contributed by atoms with Crippen molar-refractivity contribution in [1.29, 1.82) is 0 Å². The summed E-state index contributed by atoms with van der Waals surface area (Å²) in [4.78, 5) is 23.2. The molecule has 2 aliphatic rings. The van der Waals surface area contributed by atoms with E-state index in [0.29, 0.717) is 0 Å². The second-order valence-electron chi connectivity index (χ2n) is 6.92. The molecule has 24 heavy (non-hydrogen) atoms. The Labute approximate surface area is 142 Å². The summed E-state index contributed by atoms with van der Waals surface area (Å²) >= 11 is 0. The topological polar surface area (TPSA) is 75.6 Å². The van der Waals surface area contributed by atoms with Crippen molar-refractivity contribution in [3.8, 4) is 0 Å². The molecule has 2 fully saturated rings. The summed E-state index contributed by atoms with van der Waals surface area (Å²) in [6.07, 6.45) is 6.17. The lowest BCUT2D eigenvalue weighted by Gasteiger charge is -2.54. The summed E-state index contributed by atoms with van der Waals surface area (Å²) in [7, 11) is 0. The number of nitrogens with one attached hydrogen (secondary N) is 1. The van der Waals surface area contributed by atoms with Crippen molar-refractivity contribution in [2.24, 2.45) is 5.41 Å². The van der Waals surface area contributed by atoms with E-state index in [1.54, 1.807) is 12.1 Å². The highest BCUT2D eigenvalue weighted by Gasteiger charge is 2.57. The van der Waals surface area contributed by atoms with Gasteiger partial charge >= 0.3 is 5.97 Å². The molecular weight excluding hydrogens is 306 g/mol. The molecule has 0 aliphatic heterocycles. The number of hydrogen-bond acceptors (Lipinski definition) is 3. The number of aromatic carboxylic acids is 1. The van der Waals surface area contributed by atoms with E-state index >= 15 is 0 Å². The first-order valence-electron chi connectivity index (χ1n) is 8.78. The van der Waals surface area contributed by atoms with Crippen LogP contribution in [0.5, 0.6) is 0 Å². The average molecular weight is 331 g/mol. The van der Waals surface area contributed by atoms with Gasteiger partial charge in [-0.15, -0.1) is 0 Å². The molecule has 0 bridgehead atoms. The number of rotatable bonds is 6. The Morgan fingerprint density at radius 2 is 1.92 bits per heavy atom. The van der Waals surface area contributed by atoms with Crippen LogP contribution in [-0.4, -0.2) is 35.7 Å². The summed E-state index contributed by atoms with van der Waals surface area (Å²) in [5, 5.41) is 12.1. The Morgan fingerprint density at radius 1 is 1.25 bits per heavy atom. The summed E-state index contributed by atoms with van der Waals surface area (Å²) in [5.41, 5.74) is 1.21. The lowest BCUT2D eigenvalue weighted by atomic mass is 9.60. The molecule has 0 saturated heterocycles. The van der Waals surface area contributed by atoms with E-state index in [1.165, 1.54) is 25.0 Å². The van der Waals surface area contributed by atoms with Crippen LogP contribution < -0.4 is 5.32 Å². The third-order valence-electron chi connectivity index (χ3n) is 5.59. The van der Waals surface area contributed by atoms with Crippen molar-refractivity contribution in [2.75, 3.05) is 6.61 Å². The predicted molar refractivity (Wildman–Crippen MR) is 90.0 cm³/mol. The zero-order valence-corrected chi connectivity index (χ0v) is 14.1. The fraction of sp³-hybridized carbons (Fsp3) is 0.579. The van der Waals surface area contributed by atoms with Crippen LogP contribution in [-0.2, 0) is 16.0 Å². The van der Waals surface area contributed by atoms with Gasteiger partial charge in [-0.05, 0) is 43.9 Å². The van der Waals surface area contributed by atoms with Gasteiger partial charge in [-0.3, -0.25) is 4.79 Å². The molecule has 1 amide bonds. The van der Waals surface area contributed by atoms with Gasteiger partial charge < -0.3 is 15.2 Å². The summed E-state index contributed by atoms with van der Waals surface area (Å²) in [6, 6.07) is 6.70. The first-order chi connectivity index (χ1) is 11.5. The van der Waals surface area contributed by atoms with E-state index in [1.807, 2.05) is 6.92 Å². The van der Waals surface area contributed by atoms with Crippen molar-refractivity contribution in [3.05, 3.63) is 35.4 Å². The normalized spacial score (nSPS) is 24.5. The van der Waals surface area contributed by atoms with Crippen molar-refractivity contribution in [1.82, 2.24) is 5.32 Å². The Morgan fingerprint density at radius 3 is 2.50 bits per heavy atom. The molecule has 1 aromatic carbocycles. The minimum atomic E-state index is -0.953. The van der Waals surface area contributed by atoms with Crippen LogP contribution in [0.4, 0.5) is 0 Å². The molecule has 5 nitrogen and oxygen atoms in total. The van der Waals surface area contributed by atoms with Crippen LogP contribution in [0.15, 0.2) is 24.3 Å². The Balaban J connectivity index is 1.58. The molecule has 1 aromatic rings. The largest absolute Gasteiger partial charge is 0.478 e. The lowest BCUT2D eigenvalue weighted by molar-refractivity contribution is -0.143. The van der Waals surface area contributed by atoms with E-state index in [9.17, 15) is 9.59 Å². The highest BCUT2D eigenvalue weighted by molar-refractivity contribution is 5.87. The summed E-state index contributed by atoms with van der Waals surface area (Å²) in [5.74, 6) is -0.949. The van der Waals surface area contributed by atoms with E-state index in [0.717, 1.165) is 31.4 Å². The van der Waals surface area contributed by atoms with Crippen LogP contribution in [0.1, 0.15) is 54.9 Å². The van der Waals surface area contributed by atoms with E-state index < -0.39 is 5.97 Å². The van der Waals surface area contributed by atoms with Gasteiger partial charge in [0.05, 0.1) is 18.1 Å². The molecule has 2 atom stereocenters. The van der Waals surface area contributed by atoms with Gasteiger partial charge in [-0.1, -0.05) is 25.0 Å². The third-order valence-corrected chi connectivity index (χ3v) is 5.59. The van der Waals surface area contributed by atoms with Crippen molar-refractivity contribution < 1.29 is 19.4 Å². The van der Waals surface area contributed by atoms with Crippen LogP contribution in [0.2, 0.25) is 0 Å². The maximum absolute atomic E-state index is 12.4.